The lowest BCUT2D eigenvalue weighted by Gasteiger charge is -2.36. The fourth-order valence-corrected chi connectivity index (χ4v) is 2.75. The second-order valence-electron chi connectivity index (χ2n) is 5.24. The van der Waals surface area contributed by atoms with Crippen molar-refractivity contribution < 1.29 is 19.4 Å². The Kier molecular flexibility index (Phi) is 4.97. The van der Waals surface area contributed by atoms with Crippen molar-refractivity contribution in [2.75, 3.05) is 33.5 Å². The number of nitrogens with zero attached hydrogens (tertiary/aromatic N) is 1. The summed E-state index contributed by atoms with van der Waals surface area (Å²) in [6.07, 6.45) is 3.52. The van der Waals surface area contributed by atoms with E-state index in [0.717, 1.165) is 25.7 Å². The monoisotopic (exact) mass is 257 g/mol. The molecule has 1 saturated heterocycles. The second-order valence-corrected chi connectivity index (χ2v) is 5.24. The van der Waals surface area contributed by atoms with E-state index < -0.39 is 6.10 Å². The first-order valence-electron chi connectivity index (χ1n) is 6.79. The maximum absolute atomic E-state index is 12.2. The largest absolute Gasteiger partial charge is 0.396 e. The van der Waals surface area contributed by atoms with E-state index in [0.29, 0.717) is 25.7 Å². The van der Waals surface area contributed by atoms with Crippen LogP contribution in [0.3, 0.4) is 0 Å². The number of likely N-dealkylation sites (N-methyl/N-ethyl adjacent to an activating group) is 1. The van der Waals surface area contributed by atoms with E-state index in [2.05, 4.69) is 0 Å². The van der Waals surface area contributed by atoms with Crippen LogP contribution in [-0.2, 0) is 14.3 Å². The molecule has 1 aliphatic carbocycles. The second kappa shape index (κ2) is 6.50. The number of hydrogen-bond acceptors (Lipinski definition) is 4. The van der Waals surface area contributed by atoms with Gasteiger partial charge in [-0.1, -0.05) is 0 Å². The van der Waals surface area contributed by atoms with Gasteiger partial charge in [0, 0.05) is 19.7 Å². The zero-order valence-electron chi connectivity index (χ0n) is 11.0. The number of carbonyl (C=O) groups excluding carboxylic acids is 1. The molecule has 0 aromatic heterocycles. The molecule has 1 heterocycles. The SMILES string of the molecule is CN(C(=O)[C@@H]1COCCO1)C1CCC(CO)CC1. The summed E-state index contributed by atoms with van der Waals surface area (Å²) in [5.41, 5.74) is 0. The van der Waals surface area contributed by atoms with Crippen molar-refractivity contribution in [3.63, 3.8) is 0 Å². The van der Waals surface area contributed by atoms with Gasteiger partial charge in [0.2, 0.25) is 0 Å². The fraction of sp³-hybridized carbons (Fsp3) is 0.923. The number of aliphatic hydroxyl groups is 1. The summed E-state index contributed by atoms with van der Waals surface area (Å²) in [6.45, 7) is 1.72. The standard InChI is InChI=1S/C13H23NO4/c1-14(11-4-2-10(8-15)3-5-11)13(16)12-9-17-6-7-18-12/h10-12,15H,2-9H2,1H3/t10?,11?,12-/m0/s1. The zero-order valence-corrected chi connectivity index (χ0v) is 11.0. The predicted octanol–water partition coefficient (Wildman–Crippen LogP) is 0.411. The highest BCUT2D eigenvalue weighted by Crippen LogP contribution is 2.27. The molecule has 1 amide bonds. The average Bonchev–Trinajstić information content (AvgIpc) is 2.47. The van der Waals surface area contributed by atoms with Crippen LogP contribution in [0.1, 0.15) is 25.7 Å². The third kappa shape index (κ3) is 3.22. The van der Waals surface area contributed by atoms with E-state index in [4.69, 9.17) is 14.6 Å². The van der Waals surface area contributed by atoms with E-state index in [-0.39, 0.29) is 18.6 Å². The minimum Gasteiger partial charge on any atom is -0.396 e. The summed E-state index contributed by atoms with van der Waals surface area (Å²) in [5.74, 6) is 0.446. The molecule has 2 rings (SSSR count). The zero-order chi connectivity index (χ0) is 13.0. The van der Waals surface area contributed by atoms with E-state index in [1.807, 2.05) is 11.9 Å². The molecule has 2 fully saturated rings. The van der Waals surface area contributed by atoms with Gasteiger partial charge in [-0.05, 0) is 31.6 Å². The molecule has 2 aliphatic rings. The fourth-order valence-electron chi connectivity index (χ4n) is 2.75. The number of amides is 1. The normalized spacial score (nSPS) is 33.1. The van der Waals surface area contributed by atoms with Gasteiger partial charge >= 0.3 is 0 Å². The summed E-state index contributed by atoms with van der Waals surface area (Å²) < 4.78 is 10.7. The lowest BCUT2D eigenvalue weighted by atomic mass is 9.86. The Morgan fingerprint density at radius 1 is 1.28 bits per heavy atom. The molecule has 104 valence electrons. The molecule has 5 heteroatoms. The number of ether oxygens (including phenoxy) is 2. The molecule has 5 nitrogen and oxygen atoms in total. The van der Waals surface area contributed by atoms with Crippen molar-refractivity contribution in [1.82, 2.24) is 4.90 Å². The molecule has 0 aromatic rings. The van der Waals surface area contributed by atoms with Crippen molar-refractivity contribution in [3.05, 3.63) is 0 Å². The Balaban J connectivity index is 1.83. The Labute approximate surface area is 108 Å². The average molecular weight is 257 g/mol. The van der Waals surface area contributed by atoms with Gasteiger partial charge in [0.15, 0.2) is 6.10 Å². The molecule has 1 saturated carbocycles. The summed E-state index contributed by atoms with van der Waals surface area (Å²) >= 11 is 0. The van der Waals surface area contributed by atoms with Crippen LogP contribution in [0.5, 0.6) is 0 Å². The Morgan fingerprint density at radius 3 is 2.56 bits per heavy atom. The molecular weight excluding hydrogens is 234 g/mol. The summed E-state index contributed by atoms with van der Waals surface area (Å²) in [4.78, 5) is 14.0. The number of carbonyl (C=O) groups is 1. The molecule has 0 aromatic carbocycles. The molecular formula is C13H23NO4. The Hall–Kier alpha value is -0.650. The third-order valence-corrected chi connectivity index (χ3v) is 4.06. The van der Waals surface area contributed by atoms with Crippen LogP contribution in [0.25, 0.3) is 0 Å². The van der Waals surface area contributed by atoms with Crippen LogP contribution in [-0.4, -0.2) is 61.5 Å². The highest BCUT2D eigenvalue weighted by molar-refractivity contribution is 5.81. The van der Waals surface area contributed by atoms with E-state index in [1.54, 1.807) is 0 Å². The van der Waals surface area contributed by atoms with Crippen LogP contribution in [0.4, 0.5) is 0 Å². The quantitative estimate of drug-likeness (QED) is 0.795. The van der Waals surface area contributed by atoms with Gasteiger partial charge < -0.3 is 19.5 Å². The topological polar surface area (TPSA) is 59.0 Å². The molecule has 1 N–H and O–H groups in total. The van der Waals surface area contributed by atoms with Gasteiger partial charge in [0.05, 0.1) is 19.8 Å². The van der Waals surface area contributed by atoms with Gasteiger partial charge in [-0.15, -0.1) is 0 Å². The van der Waals surface area contributed by atoms with Crippen LogP contribution < -0.4 is 0 Å². The first-order chi connectivity index (χ1) is 8.72. The molecule has 0 spiro atoms. The van der Waals surface area contributed by atoms with Crippen molar-refractivity contribution in [3.8, 4) is 0 Å². The number of rotatable bonds is 3. The highest BCUT2D eigenvalue weighted by atomic mass is 16.6. The Morgan fingerprint density at radius 2 is 2.00 bits per heavy atom. The van der Waals surface area contributed by atoms with Crippen molar-refractivity contribution in [1.29, 1.82) is 0 Å². The third-order valence-electron chi connectivity index (χ3n) is 4.06. The Bertz CT molecular complexity index is 270. The maximum Gasteiger partial charge on any atom is 0.254 e. The minimum absolute atomic E-state index is 0.0298. The van der Waals surface area contributed by atoms with Crippen molar-refractivity contribution in [2.45, 2.75) is 37.8 Å². The van der Waals surface area contributed by atoms with Crippen molar-refractivity contribution >= 4 is 5.91 Å². The first kappa shape index (κ1) is 13.8. The maximum atomic E-state index is 12.2. The van der Waals surface area contributed by atoms with Gasteiger partial charge in [0.1, 0.15) is 0 Å². The smallest absolute Gasteiger partial charge is 0.254 e. The van der Waals surface area contributed by atoms with Gasteiger partial charge in [-0.3, -0.25) is 4.79 Å². The summed E-state index contributed by atoms with van der Waals surface area (Å²) in [5, 5.41) is 9.11. The predicted molar refractivity (Wildman–Crippen MR) is 66.2 cm³/mol. The highest BCUT2D eigenvalue weighted by Gasteiger charge is 2.31. The van der Waals surface area contributed by atoms with Crippen LogP contribution >= 0.6 is 0 Å². The number of aliphatic hydroxyl groups excluding tert-OH is 1. The molecule has 18 heavy (non-hydrogen) atoms. The van der Waals surface area contributed by atoms with Crippen LogP contribution in [0.15, 0.2) is 0 Å². The first-order valence-corrected chi connectivity index (χ1v) is 6.79. The number of hydrogen-bond donors (Lipinski definition) is 1. The summed E-state index contributed by atoms with van der Waals surface area (Å²) in [6, 6.07) is 0.283. The molecule has 0 radical (unpaired) electrons. The van der Waals surface area contributed by atoms with Crippen LogP contribution in [0.2, 0.25) is 0 Å². The molecule has 0 bridgehead atoms. The van der Waals surface area contributed by atoms with Crippen LogP contribution in [0, 0.1) is 5.92 Å². The summed E-state index contributed by atoms with van der Waals surface area (Å²) in [7, 11) is 1.85. The minimum atomic E-state index is -0.431. The molecule has 0 unspecified atom stereocenters. The van der Waals surface area contributed by atoms with E-state index in [9.17, 15) is 4.79 Å². The lowest BCUT2D eigenvalue weighted by Crippen LogP contribution is -2.48. The van der Waals surface area contributed by atoms with Gasteiger partial charge in [0.25, 0.3) is 5.91 Å². The lowest BCUT2D eigenvalue weighted by molar-refractivity contribution is -0.159. The van der Waals surface area contributed by atoms with E-state index in [1.165, 1.54) is 0 Å². The molecule has 1 aliphatic heterocycles. The van der Waals surface area contributed by atoms with E-state index >= 15 is 0 Å². The van der Waals surface area contributed by atoms with Gasteiger partial charge in [-0.25, -0.2) is 0 Å². The van der Waals surface area contributed by atoms with Crippen molar-refractivity contribution in [2.24, 2.45) is 5.92 Å². The van der Waals surface area contributed by atoms with Gasteiger partial charge in [-0.2, -0.15) is 0 Å². The molecule has 1 atom stereocenters.